The summed E-state index contributed by atoms with van der Waals surface area (Å²) in [5.41, 5.74) is 4.53. The van der Waals surface area contributed by atoms with Crippen molar-refractivity contribution in [2.45, 2.75) is 18.3 Å². The molecule has 0 aromatic rings. The van der Waals surface area contributed by atoms with Crippen LogP contribution in [-0.2, 0) is 9.59 Å². The van der Waals surface area contributed by atoms with Crippen LogP contribution in [0.5, 0.6) is 0 Å². The van der Waals surface area contributed by atoms with Crippen LogP contribution in [0.2, 0.25) is 0 Å². The molecule has 0 unspecified atom stereocenters. The van der Waals surface area contributed by atoms with Crippen LogP contribution in [0.15, 0.2) is 12.7 Å². The molecule has 7 N–H and O–H groups in total. The lowest BCUT2D eigenvalue weighted by molar-refractivity contribution is -0.142. The Bertz CT molecular complexity index is 256. The fourth-order valence-electron chi connectivity index (χ4n) is 0.602. The van der Waals surface area contributed by atoms with Crippen molar-refractivity contribution in [1.29, 1.82) is 0 Å². The van der Waals surface area contributed by atoms with Gasteiger partial charge in [-0.05, 0) is 6.08 Å². The highest BCUT2D eigenvalue weighted by Gasteiger charge is 2.28. The van der Waals surface area contributed by atoms with E-state index in [0.717, 1.165) is 6.08 Å². The summed E-state index contributed by atoms with van der Waals surface area (Å²) in [5, 5.41) is 43.1. The Balaban J connectivity index is 0. The van der Waals surface area contributed by atoms with Crippen LogP contribution >= 0.6 is 0 Å². The standard InChI is InChI=1S/C6H12O6.C3H5NO/c7-1-3(9)5(11)6(12)4(10)2-8;1-2-3(4)5/h3,5-9,11-12H,1-2H2;2H,1H2,(H2,4,5)/t3-,5-,6+;/m1./s1. The maximum atomic E-state index is 10.5. The van der Waals surface area contributed by atoms with E-state index in [9.17, 15) is 9.59 Å². The average Bonchev–Trinajstić information content (AvgIpc) is 2.35. The SMILES string of the molecule is C=CC(N)=O.O=C(CO)[C@H](O)[C@H](O)[C@H](O)CO. The maximum absolute atomic E-state index is 10.5. The average molecular weight is 251 g/mol. The van der Waals surface area contributed by atoms with Gasteiger partial charge < -0.3 is 31.3 Å². The van der Waals surface area contributed by atoms with Crippen LogP contribution in [0.1, 0.15) is 0 Å². The van der Waals surface area contributed by atoms with E-state index in [-0.39, 0.29) is 0 Å². The number of ketones is 1. The number of carbonyl (C=O) groups excluding carboxylic acids is 2. The molecule has 0 aromatic carbocycles. The van der Waals surface area contributed by atoms with E-state index >= 15 is 0 Å². The van der Waals surface area contributed by atoms with Gasteiger partial charge >= 0.3 is 0 Å². The molecule has 8 nitrogen and oxygen atoms in total. The van der Waals surface area contributed by atoms with Crippen molar-refractivity contribution in [2.75, 3.05) is 13.2 Å². The normalized spacial score (nSPS) is 14.9. The van der Waals surface area contributed by atoms with E-state index in [2.05, 4.69) is 12.3 Å². The van der Waals surface area contributed by atoms with Crippen molar-refractivity contribution >= 4 is 11.7 Å². The van der Waals surface area contributed by atoms with Gasteiger partial charge in [0.2, 0.25) is 5.91 Å². The zero-order chi connectivity index (χ0) is 14.0. The van der Waals surface area contributed by atoms with Gasteiger partial charge in [0.25, 0.3) is 0 Å². The first kappa shape index (κ1) is 18.1. The van der Waals surface area contributed by atoms with E-state index < -0.39 is 43.2 Å². The number of amides is 1. The Morgan fingerprint density at radius 3 is 1.88 bits per heavy atom. The molecular weight excluding hydrogens is 234 g/mol. The number of Topliss-reactive ketones (excluding diaryl/α,β-unsaturated/α-hetero) is 1. The fourth-order valence-corrected chi connectivity index (χ4v) is 0.602. The number of primary amides is 1. The zero-order valence-corrected chi connectivity index (χ0v) is 9.06. The molecule has 0 rings (SSSR count). The minimum atomic E-state index is -1.86. The Morgan fingerprint density at radius 2 is 1.65 bits per heavy atom. The lowest BCUT2D eigenvalue weighted by Gasteiger charge is -2.19. The second kappa shape index (κ2) is 9.87. The van der Waals surface area contributed by atoms with Crippen LogP contribution < -0.4 is 5.73 Å². The van der Waals surface area contributed by atoms with Gasteiger partial charge in [0.15, 0.2) is 5.78 Å². The molecule has 8 heteroatoms. The molecule has 17 heavy (non-hydrogen) atoms. The smallest absolute Gasteiger partial charge is 0.240 e. The van der Waals surface area contributed by atoms with E-state index in [0.29, 0.717) is 0 Å². The minimum Gasteiger partial charge on any atom is -0.394 e. The largest absolute Gasteiger partial charge is 0.394 e. The minimum absolute atomic E-state index is 0.481. The number of nitrogens with two attached hydrogens (primary N) is 1. The summed E-state index contributed by atoms with van der Waals surface area (Å²) in [6, 6.07) is 0. The summed E-state index contributed by atoms with van der Waals surface area (Å²) in [7, 11) is 0. The van der Waals surface area contributed by atoms with E-state index in [1.165, 1.54) is 0 Å². The van der Waals surface area contributed by atoms with Crippen molar-refractivity contribution in [1.82, 2.24) is 0 Å². The molecule has 0 radical (unpaired) electrons. The van der Waals surface area contributed by atoms with Gasteiger partial charge in [0.1, 0.15) is 24.9 Å². The van der Waals surface area contributed by atoms with Gasteiger partial charge in [-0.1, -0.05) is 6.58 Å². The second-order valence-corrected chi connectivity index (χ2v) is 2.92. The van der Waals surface area contributed by atoms with E-state index in [4.69, 9.17) is 25.5 Å². The van der Waals surface area contributed by atoms with Gasteiger partial charge in [-0.2, -0.15) is 0 Å². The first-order valence-electron chi connectivity index (χ1n) is 4.52. The number of carbonyl (C=O) groups is 2. The van der Waals surface area contributed by atoms with Gasteiger partial charge in [-0.3, -0.25) is 9.59 Å². The Morgan fingerprint density at radius 1 is 1.24 bits per heavy atom. The lowest BCUT2D eigenvalue weighted by Crippen LogP contribution is -2.44. The van der Waals surface area contributed by atoms with Crippen LogP contribution in [-0.4, -0.2) is 68.7 Å². The number of hydrogen-bond acceptors (Lipinski definition) is 7. The first-order chi connectivity index (χ1) is 7.81. The Kier molecular flexibility index (Phi) is 10.5. The molecule has 100 valence electrons. The third kappa shape index (κ3) is 8.48. The molecule has 3 atom stereocenters. The summed E-state index contributed by atoms with van der Waals surface area (Å²) in [4.78, 5) is 20.0. The predicted molar refractivity (Wildman–Crippen MR) is 56.6 cm³/mol. The molecular formula is C9H17NO7. The van der Waals surface area contributed by atoms with Crippen LogP contribution in [0.3, 0.4) is 0 Å². The summed E-state index contributed by atoms with van der Waals surface area (Å²) in [6.45, 7) is 1.40. The topological polar surface area (TPSA) is 161 Å². The predicted octanol–water partition coefficient (Wildman–Crippen LogP) is -3.72. The molecule has 0 aliphatic rings. The molecule has 0 heterocycles. The second-order valence-electron chi connectivity index (χ2n) is 2.92. The molecule has 0 spiro atoms. The lowest BCUT2D eigenvalue weighted by atomic mass is 10.1. The molecule has 0 bridgehead atoms. The quantitative estimate of drug-likeness (QED) is 0.264. The van der Waals surface area contributed by atoms with Crippen molar-refractivity contribution in [3.8, 4) is 0 Å². The number of aliphatic hydroxyl groups is 5. The summed E-state index contributed by atoms with van der Waals surface area (Å²) in [6.07, 6.45) is -4.16. The molecule has 0 aromatic heterocycles. The number of aliphatic hydroxyl groups excluding tert-OH is 5. The third-order valence-electron chi connectivity index (χ3n) is 1.59. The number of hydrogen-bond donors (Lipinski definition) is 6. The highest BCUT2D eigenvalue weighted by atomic mass is 16.4. The molecule has 0 aliphatic heterocycles. The molecule has 1 amide bonds. The zero-order valence-electron chi connectivity index (χ0n) is 9.06. The highest BCUT2D eigenvalue weighted by Crippen LogP contribution is 2.00. The van der Waals surface area contributed by atoms with Gasteiger partial charge in [0, 0.05) is 0 Å². The van der Waals surface area contributed by atoms with Crippen molar-refractivity contribution < 1.29 is 35.1 Å². The highest BCUT2D eigenvalue weighted by molar-refractivity contribution is 5.85. The Labute approximate surface area is 97.6 Å². The third-order valence-corrected chi connectivity index (χ3v) is 1.59. The van der Waals surface area contributed by atoms with Gasteiger partial charge in [-0.15, -0.1) is 0 Å². The maximum Gasteiger partial charge on any atom is 0.240 e. The summed E-state index contributed by atoms with van der Waals surface area (Å²) in [5.74, 6) is -1.49. The monoisotopic (exact) mass is 251 g/mol. The molecule has 0 saturated carbocycles. The van der Waals surface area contributed by atoms with Crippen molar-refractivity contribution in [3.63, 3.8) is 0 Å². The van der Waals surface area contributed by atoms with Crippen molar-refractivity contribution in [2.24, 2.45) is 5.73 Å². The summed E-state index contributed by atoms with van der Waals surface area (Å²) < 4.78 is 0. The van der Waals surface area contributed by atoms with Gasteiger partial charge in [0.05, 0.1) is 6.61 Å². The Hall–Kier alpha value is -1.32. The van der Waals surface area contributed by atoms with Crippen molar-refractivity contribution in [3.05, 3.63) is 12.7 Å². The van der Waals surface area contributed by atoms with Crippen LogP contribution in [0.4, 0.5) is 0 Å². The molecule has 0 fully saturated rings. The number of rotatable bonds is 6. The van der Waals surface area contributed by atoms with Crippen LogP contribution in [0.25, 0.3) is 0 Å². The van der Waals surface area contributed by atoms with E-state index in [1.807, 2.05) is 0 Å². The molecule has 0 aliphatic carbocycles. The van der Waals surface area contributed by atoms with Crippen LogP contribution in [0, 0.1) is 0 Å². The van der Waals surface area contributed by atoms with Gasteiger partial charge in [-0.25, -0.2) is 0 Å². The molecule has 0 saturated heterocycles. The summed E-state index contributed by atoms with van der Waals surface area (Å²) >= 11 is 0. The fraction of sp³-hybridized carbons (Fsp3) is 0.556. The van der Waals surface area contributed by atoms with E-state index in [1.54, 1.807) is 0 Å². The first-order valence-corrected chi connectivity index (χ1v) is 4.52.